The molecule has 0 fully saturated rings. The molecule has 2 N–H and O–H groups in total. The van der Waals surface area contributed by atoms with Crippen LogP contribution in [0.15, 0.2) is 48.5 Å². The van der Waals surface area contributed by atoms with Crippen molar-refractivity contribution < 1.29 is 19.6 Å². The summed E-state index contributed by atoms with van der Waals surface area (Å²) in [5.41, 5.74) is 0.877. The number of hydrogen-bond donors (Lipinski definition) is 2. The van der Waals surface area contributed by atoms with Crippen molar-refractivity contribution in [3.05, 3.63) is 69.8 Å². The third-order valence-electron chi connectivity index (χ3n) is 3.28. The number of carboxylic acids is 1. The Kier molecular flexibility index (Phi) is 5.03. The highest BCUT2D eigenvalue weighted by molar-refractivity contribution is 5.87. The summed E-state index contributed by atoms with van der Waals surface area (Å²) >= 11 is 0. The van der Waals surface area contributed by atoms with E-state index in [0.717, 1.165) is 11.6 Å². The lowest BCUT2D eigenvalue weighted by Crippen LogP contribution is -2.31. The van der Waals surface area contributed by atoms with E-state index >= 15 is 0 Å². The van der Waals surface area contributed by atoms with Gasteiger partial charge in [0.2, 0.25) is 0 Å². The van der Waals surface area contributed by atoms with Crippen molar-refractivity contribution >= 4 is 23.6 Å². The molecule has 0 heterocycles. The second-order valence-electron chi connectivity index (χ2n) is 4.87. The Labute approximate surface area is 131 Å². The molecule has 2 aromatic rings. The molecule has 0 aliphatic heterocycles. The molecule has 0 aromatic heterocycles. The second kappa shape index (κ2) is 7.17. The maximum atomic E-state index is 11.4. The molecular weight excluding hydrogens is 300 g/mol. The maximum Gasteiger partial charge on any atom is 0.326 e. The quantitative estimate of drug-likeness (QED) is 0.461. The van der Waals surface area contributed by atoms with E-state index in [1.54, 1.807) is 24.3 Å². The molecule has 1 atom stereocenters. The van der Waals surface area contributed by atoms with E-state index in [1.807, 2.05) is 6.07 Å². The van der Waals surface area contributed by atoms with E-state index < -0.39 is 16.9 Å². The number of nitrogens with one attached hydrogen (secondary N) is 1. The van der Waals surface area contributed by atoms with Gasteiger partial charge in [-0.1, -0.05) is 30.3 Å². The Morgan fingerprint density at radius 3 is 2.52 bits per heavy atom. The largest absolute Gasteiger partial charge is 0.480 e. The Balaban J connectivity index is 2.24. The molecule has 0 aliphatic rings. The SMILES string of the molecule is O=Cc1cc([N+](=O)[O-])ccc1NC(Cc1ccccc1)C(=O)O. The Bertz CT molecular complexity index is 731. The molecule has 2 aromatic carbocycles. The summed E-state index contributed by atoms with van der Waals surface area (Å²) in [7, 11) is 0. The van der Waals surface area contributed by atoms with Gasteiger partial charge in [0.25, 0.3) is 5.69 Å². The Morgan fingerprint density at radius 1 is 1.26 bits per heavy atom. The monoisotopic (exact) mass is 314 g/mol. The lowest BCUT2D eigenvalue weighted by molar-refractivity contribution is -0.384. The molecule has 7 nitrogen and oxygen atoms in total. The number of hydrogen-bond acceptors (Lipinski definition) is 5. The fourth-order valence-electron chi connectivity index (χ4n) is 2.13. The minimum Gasteiger partial charge on any atom is -0.480 e. The fourth-order valence-corrected chi connectivity index (χ4v) is 2.13. The molecule has 23 heavy (non-hydrogen) atoms. The average Bonchev–Trinajstić information content (AvgIpc) is 2.55. The van der Waals surface area contributed by atoms with Crippen LogP contribution in [-0.2, 0) is 11.2 Å². The first-order valence-corrected chi connectivity index (χ1v) is 6.78. The van der Waals surface area contributed by atoms with E-state index in [9.17, 15) is 24.8 Å². The Hall–Kier alpha value is -3.22. The number of rotatable bonds is 7. The van der Waals surface area contributed by atoms with Crippen LogP contribution in [0.5, 0.6) is 0 Å². The van der Waals surface area contributed by atoms with Crippen LogP contribution >= 0.6 is 0 Å². The number of aldehydes is 1. The number of non-ortho nitro benzene ring substituents is 1. The fraction of sp³-hybridized carbons (Fsp3) is 0.125. The molecule has 1 unspecified atom stereocenters. The van der Waals surface area contributed by atoms with Crippen LogP contribution in [0.4, 0.5) is 11.4 Å². The smallest absolute Gasteiger partial charge is 0.326 e. The molecular formula is C16H14N2O5. The highest BCUT2D eigenvalue weighted by atomic mass is 16.6. The van der Waals surface area contributed by atoms with Crippen molar-refractivity contribution in [1.82, 2.24) is 0 Å². The average molecular weight is 314 g/mol. The Morgan fingerprint density at radius 2 is 1.96 bits per heavy atom. The first kappa shape index (κ1) is 16.2. The topological polar surface area (TPSA) is 110 Å². The number of nitro groups is 1. The van der Waals surface area contributed by atoms with Crippen LogP contribution in [-0.4, -0.2) is 28.3 Å². The first-order valence-electron chi connectivity index (χ1n) is 6.78. The van der Waals surface area contributed by atoms with E-state index in [2.05, 4.69) is 5.32 Å². The van der Waals surface area contributed by atoms with Gasteiger partial charge < -0.3 is 10.4 Å². The molecule has 0 spiro atoms. The summed E-state index contributed by atoms with van der Waals surface area (Å²) < 4.78 is 0. The summed E-state index contributed by atoms with van der Waals surface area (Å²) in [6.45, 7) is 0. The maximum absolute atomic E-state index is 11.4. The van der Waals surface area contributed by atoms with Gasteiger partial charge in [-0.15, -0.1) is 0 Å². The lowest BCUT2D eigenvalue weighted by Gasteiger charge is -2.17. The predicted octanol–water partition coefficient (Wildman–Crippen LogP) is 2.52. The minimum absolute atomic E-state index is 0.0403. The number of nitrogens with zero attached hydrogens (tertiary/aromatic N) is 1. The highest BCUT2D eigenvalue weighted by Gasteiger charge is 2.20. The van der Waals surface area contributed by atoms with Crippen molar-refractivity contribution in [3.8, 4) is 0 Å². The molecule has 0 bridgehead atoms. The molecule has 2 rings (SSSR count). The molecule has 7 heteroatoms. The number of nitro benzene ring substituents is 1. The van der Waals surface area contributed by atoms with Gasteiger partial charge in [0, 0.05) is 29.8 Å². The van der Waals surface area contributed by atoms with Gasteiger partial charge in [-0.25, -0.2) is 4.79 Å². The van der Waals surface area contributed by atoms with Gasteiger partial charge in [-0.3, -0.25) is 14.9 Å². The standard InChI is InChI=1S/C16H14N2O5/c19-10-12-9-13(18(22)23)6-7-14(12)17-15(16(20)21)8-11-4-2-1-3-5-11/h1-7,9-10,15,17H,8H2,(H,20,21). The number of carboxylic acid groups (broad SMARTS) is 1. The van der Waals surface area contributed by atoms with E-state index in [1.165, 1.54) is 12.1 Å². The molecule has 0 aliphatic carbocycles. The van der Waals surface area contributed by atoms with Gasteiger partial charge in [0.15, 0.2) is 6.29 Å². The third kappa shape index (κ3) is 4.13. The van der Waals surface area contributed by atoms with Crippen molar-refractivity contribution in [2.45, 2.75) is 12.5 Å². The van der Waals surface area contributed by atoms with Crippen molar-refractivity contribution in [2.24, 2.45) is 0 Å². The number of carbonyl (C=O) groups is 2. The molecule has 0 radical (unpaired) electrons. The molecule has 118 valence electrons. The van der Waals surface area contributed by atoms with Crippen LogP contribution in [0.3, 0.4) is 0 Å². The van der Waals surface area contributed by atoms with Crippen LogP contribution in [0.25, 0.3) is 0 Å². The number of anilines is 1. The second-order valence-corrected chi connectivity index (χ2v) is 4.87. The number of carbonyl (C=O) groups excluding carboxylic acids is 1. The summed E-state index contributed by atoms with van der Waals surface area (Å²) in [6.07, 6.45) is 0.669. The zero-order valence-electron chi connectivity index (χ0n) is 12.0. The summed E-state index contributed by atoms with van der Waals surface area (Å²) in [4.78, 5) is 32.6. The number of aliphatic carboxylic acids is 1. The predicted molar refractivity (Wildman–Crippen MR) is 83.7 cm³/mol. The van der Waals surface area contributed by atoms with Crippen LogP contribution in [0, 0.1) is 10.1 Å². The lowest BCUT2D eigenvalue weighted by atomic mass is 10.0. The van der Waals surface area contributed by atoms with Crippen molar-refractivity contribution in [1.29, 1.82) is 0 Å². The van der Waals surface area contributed by atoms with Gasteiger partial charge in [0.05, 0.1) is 4.92 Å². The van der Waals surface area contributed by atoms with Gasteiger partial charge >= 0.3 is 5.97 Å². The van der Waals surface area contributed by atoms with Gasteiger partial charge in [0.1, 0.15) is 6.04 Å². The molecule has 0 saturated carbocycles. The van der Waals surface area contributed by atoms with Gasteiger partial charge in [-0.05, 0) is 11.6 Å². The van der Waals surface area contributed by atoms with Crippen molar-refractivity contribution in [2.75, 3.05) is 5.32 Å². The van der Waals surface area contributed by atoms with Crippen molar-refractivity contribution in [3.63, 3.8) is 0 Å². The molecule has 0 amide bonds. The summed E-state index contributed by atoms with van der Waals surface area (Å²) in [5, 5.41) is 22.8. The molecule has 0 saturated heterocycles. The van der Waals surface area contributed by atoms with E-state index in [0.29, 0.717) is 6.29 Å². The normalized spacial score (nSPS) is 11.5. The van der Waals surface area contributed by atoms with Gasteiger partial charge in [-0.2, -0.15) is 0 Å². The summed E-state index contributed by atoms with van der Waals surface area (Å²) in [5.74, 6) is -1.08. The first-order chi connectivity index (χ1) is 11.0. The van der Waals surface area contributed by atoms with Crippen LogP contribution in [0.2, 0.25) is 0 Å². The van der Waals surface area contributed by atoms with Crippen LogP contribution < -0.4 is 5.32 Å². The minimum atomic E-state index is -1.08. The van der Waals surface area contributed by atoms with E-state index in [4.69, 9.17) is 0 Å². The zero-order valence-corrected chi connectivity index (χ0v) is 12.0. The van der Waals surface area contributed by atoms with Crippen LogP contribution in [0.1, 0.15) is 15.9 Å². The van der Waals surface area contributed by atoms with E-state index in [-0.39, 0.29) is 23.4 Å². The zero-order chi connectivity index (χ0) is 16.8. The number of benzene rings is 2. The highest BCUT2D eigenvalue weighted by Crippen LogP contribution is 2.22. The third-order valence-corrected chi connectivity index (χ3v) is 3.28. The summed E-state index contributed by atoms with van der Waals surface area (Å²) in [6, 6.07) is 11.7.